The summed E-state index contributed by atoms with van der Waals surface area (Å²) in [5, 5.41) is 0.779. The SMILES string of the molecule is CC1CN(CCOCCCl)CCS1. The lowest BCUT2D eigenvalue weighted by molar-refractivity contribution is 0.116. The molecule has 13 heavy (non-hydrogen) atoms. The Kier molecular flexibility index (Phi) is 6.20. The van der Waals surface area contributed by atoms with E-state index in [2.05, 4.69) is 23.6 Å². The molecule has 0 radical (unpaired) electrons. The Bertz CT molecular complexity index is 137. The van der Waals surface area contributed by atoms with Crippen LogP contribution in [-0.4, -0.2) is 54.6 Å². The Hall–Kier alpha value is 0.560. The van der Waals surface area contributed by atoms with E-state index in [-0.39, 0.29) is 0 Å². The first kappa shape index (κ1) is 11.6. The summed E-state index contributed by atoms with van der Waals surface area (Å²) >= 11 is 7.57. The molecule has 0 aromatic heterocycles. The maximum absolute atomic E-state index is 5.50. The van der Waals surface area contributed by atoms with Crippen LogP contribution in [0.5, 0.6) is 0 Å². The maximum Gasteiger partial charge on any atom is 0.0602 e. The van der Waals surface area contributed by atoms with E-state index in [1.54, 1.807) is 0 Å². The molecule has 1 unspecified atom stereocenters. The van der Waals surface area contributed by atoms with Crippen molar-refractivity contribution in [3.63, 3.8) is 0 Å². The quantitative estimate of drug-likeness (QED) is 0.520. The molecule has 1 heterocycles. The third-order valence-corrected chi connectivity index (χ3v) is 3.39. The lowest BCUT2D eigenvalue weighted by atomic mass is 10.4. The van der Waals surface area contributed by atoms with Crippen LogP contribution in [-0.2, 0) is 4.74 Å². The predicted molar refractivity (Wildman–Crippen MR) is 59.9 cm³/mol. The summed E-state index contributed by atoms with van der Waals surface area (Å²) in [7, 11) is 0. The highest BCUT2D eigenvalue weighted by molar-refractivity contribution is 7.99. The number of nitrogens with zero attached hydrogens (tertiary/aromatic N) is 1. The van der Waals surface area contributed by atoms with E-state index in [1.165, 1.54) is 18.8 Å². The normalized spacial score (nSPS) is 24.9. The van der Waals surface area contributed by atoms with Crippen LogP contribution in [0, 0.1) is 0 Å². The van der Waals surface area contributed by atoms with Gasteiger partial charge in [-0.05, 0) is 0 Å². The highest BCUT2D eigenvalue weighted by Crippen LogP contribution is 2.16. The van der Waals surface area contributed by atoms with Gasteiger partial charge in [0.15, 0.2) is 0 Å². The van der Waals surface area contributed by atoms with Crippen LogP contribution in [0.1, 0.15) is 6.92 Å². The van der Waals surface area contributed by atoms with E-state index in [0.29, 0.717) is 12.5 Å². The lowest BCUT2D eigenvalue weighted by Crippen LogP contribution is -2.38. The third kappa shape index (κ3) is 5.11. The molecular weight excluding hydrogens is 206 g/mol. The van der Waals surface area contributed by atoms with Gasteiger partial charge in [0.05, 0.1) is 13.2 Å². The minimum absolute atomic E-state index is 0.603. The van der Waals surface area contributed by atoms with Gasteiger partial charge >= 0.3 is 0 Å². The van der Waals surface area contributed by atoms with Gasteiger partial charge < -0.3 is 4.74 Å². The monoisotopic (exact) mass is 223 g/mol. The van der Waals surface area contributed by atoms with Gasteiger partial charge in [-0.15, -0.1) is 11.6 Å². The highest BCUT2D eigenvalue weighted by atomic mass is 35.5. The average molecular weight is 224 g/mol. The number of thioether (sulfide) groups is 1. The van der Waals surface area contributed by atoms with Crippen molar-refractivity contribution in [1.29, 1.82) is 0 Å². The molecule has 78 valence electrons. The molecule has 1 atom stereocenters. The minimum atomic E-state index is 0.603. The summed E-state index contributed by atoms with van der Waals surface area (Å²) in [6.45, 7) is 7.26. The summed E-state index contributed by atoms with van der Waals surface area (Å²) < 4.78 is 5.34. The van der Waals surface area contributed by atoms with Crippen molar-refractivity contribution in [3.05, 3.63) is 0 Å². The summed E-state index contributed by atoms with van der Waals surface area (Å²) in [5.74, 6) is 1.86. The standard InChI is InChI=1S/C9H18ClNOS/c1-9-8-11(4-7-13-9)3-6-12-5-2-10/h9H,2-8H2,1H3. The largest absolute Gasteiger partial charge is 0.379 e. The Labute approximate surface area is 90.0 Å². The molecule has 0 saturated carbocycles. The van der Waals surface area contributed by atoms with Crippen LogP contribution in [0.2, 0.25) is 0 Å². The maximum atomic E-state index is 5.50. The van der Waals surface area contributed by atoms with Crippen molar-refractivity contribution in [2.45, 2.75) is 12.2 Å². The van der Waals surface area contributed by atoms with Crippen LogP contribution < -0.4 is 0 Å². The smallest absolute Gasteiger partial charge is 0.0602 e. The number of ether oxygens (including phenoxy) is 1. The van der Waals surface area contributed by atoms with E-state index >= 15 is 0 Å². The number of halogens is 1. The number of alkyl halides is 1. The van der Waals surface area contributed by atoms with Crippen LogP contribution in [0.15, 0.2) is 0 Å². The predicted octanol–water partition coefficient (Wildman–Crippen LogP) is 1.68. The molecule has 4 heteroatoms. The molecule has 0 bridgehead atoms. The molecule has 0 N–H and O–H groups in total. The van der Waals surface area contributed by atoms with Gasteiger partial charge in [0, 0.05) is 36.5 Å². The zero-order valence-corrected chi connectivity index (χ0v) is 9.74. The van der Waals surface area contributed by atoms with Gasteiger partial charge in [0.1, 0.15) is 0 Å². The second-order valence-corrected chi connectivity index (χ2v) is 5.21. The summed E-state index contributed by atoms with van der Waals surface area (Å²) in [4.78, 5) is 2.47. The van der Waals surface area contributed by atoms with Crippen molar-refractivity contribution < 1.29 is 4.74 Å². The summed E-state index contributed by atoms with van der Waals surface area (Å²) in [5.41, 5.74) is 0. The topological polar surface area (TPSA) is 12.5 Å². The molecule has 1 fully saturated rings. The molecule has 1 aliphatic heterocycles. The Balaban J connectivity index is 2.00. The minimum Gasteiger partial charge on any atom is -0.379 e. The van der Waals surface area contributed by atoms with Crippen molar-refractivity contribution >= 4 is 23.4 Å². The van der Waals surface area contributed by atoms with E-state index < -0.39 is 0 Å². The third-order valence-electron chi connectivity index (χ3n) is 2.10. The first-order valence-electron chi connectivity index (χ1n) is 4.80. The van der Waals surface area contributed by atoms with E-state index in [0.717, 1.165) is 18.4 Å². The van der Waals surface area contributed by atoms with Gasteiger partial charge in [0.2, 0.25) is 0 Å². The zero-order valence-electron chi connectivity index (χ0n) is 8.17. The van der Waals surface area contributed by atoms with Gasteiger partial charge in [-0.1, -0.05) is 6.92 Å². The molecule has 0 aliphatic carbocycles. The van der Waals surface area contributed by atoms with Crippen molar-refractivity contribution in [2.75, 3.05) is 44.5 Å². The number of hydrogen-bond acceptors (Lipinski definition) is 3. The Morgan fingerprint density at radius 2 is 2.38 bits per heavy atom. The van der Waals surface area contributed by atoms with Crippen molar-refractivity contribution in [1.82, 2.24) is 4.90 Å². The molecule has 1 saturated heterocycles. The zero-order chi connectivity index (χ0) is 9.52. The second-order valence-electron chi connectivity index (χ2n) is 3.28. The molecular formula is C9H18ClNOS. The first-order chi connectivity index (χ1) is 6.33. The fraction of sp³-hybridized carbons (Fsp3) is 1.00. The fourth-order valence-corrected chi connectivity index (χ4v) is 2.64. The van der Waals surface area contributed by atoms with Gasteiger partial charge in [-0.25, -0.2) is 0 Å². The molecule has 2 nitrogen and oxygen atoms in total. The summed E-state index contributed by atoms with van der Waals surface area (Å²) in [6.07, 6.45) is 0. The number of hydrogen-bond donors (Lipinski definition) is 0. The van der Waals surface area contributed by atoms with Crippen LogP contribution in [0.25, 0.3) is 0 Å². The van der Waals surface area contributed by atoms with Gasteiger partial charge in [-0.2, -0.15) is 11.8 Å². The molecule has 0 aromatic rings. The molecule has 0 amide bonds. The lowest BCUT2D eigenvalue weighted by Gasteiger charge is -2.30. The second kappa shape index (κ2) is 6.93. The average Bonchev–Trinajstić information content (AvgIpc) is 2.13. The van der Waals surface area contributed by atoms with Crippen LogP contribution in [0.3, 0.4) is 0 Å². The number of rotatable bonds is 5. The van der Waals surface area contributed by atoms with Crippen LogP contribution >= 0.6 is 23.4 Å². The molecule has 1 rings (SSSR count). The van der Waals surface area contributed by atoms with Crippen molar-refractivity contribution in [3.8, 4) is 0 Å². The Morgan fingerprint density at radius 1 is 1.54 bits per heavy atom. The van der Waals surface area contributed by atoms with Gasteiger partial charge in [0.25, 0.3) is 0 Å². The van der Waals surface area contributed by atoms with Gasteiger partial charge in [-0.3, -0.25) is 4.90 Å². The fourth-order valence-electron chi connectivity index (χ4n) is 1.44. The van der Waals surface area contributed by atoms with Crippen LogP contribution in [0.4, 0.5) is 0 Å². The molecule has 0 spiro atoms. The molecule has 0 aromatic carbocycles. The summed E-state index contributed by atoms with van der Waals surface area (Å²) in [6, 6.07) is 0. The van der Waals surface area contributed by atoms with E-state index in [4.69, 9.17) is 16.3 Å². The van der Waals surface area contributed by atoms with E-state index in [1.807, 2.05) is 0 Å². The molecule has 1 aliphatic rings. The highest BCUT2D eigenvalue weighted by Gasteiger charge is 2.15. The Morgan fingerprint density at radius 3 is 3.08 bits per heavy atom. The van der Waals surface area contributed by atoms with Crippen molar-refractivity contribution in [2.24, 2.45) is 0 Å². The first-order valence-corrected chi connectivity index (χ1v) is 6.39. The van der Waals surface area contributed by atoms with E-state index in [9.17, 15) is 0 Å².